The van der Waals surface area contributed by atoms with E-state index >= 15 is 0 Å². The summed E-state index contributed by atoms with van der Waals surface area (Å²) >= 11 is 0. The lowest BCUT2D eigenvalue weighted by Gasteiger charge is -2.10. The van der Waals surface area contributed by atoms with Gasteiger partial charge in [0.25, 0.3) is 11.5 Å². The maximum absolute atomic E-state index is 11.6. The van der Waals surface area contributed by atoms with Crippen LogP contribution in [0.4, 0.5) is 0 Å². The molecule has 1 amide bonds. The van der Waals surface area contributed by atoms with E-state index in [1.165, 1.54) is 0 Å². The van der Waals surface area contributed by atoms with E-state index in [0.717, 1.165) is 6.07 Å². The molecule has 0 aliphatic rings. The summed E-state index contributed by atoms with van der Waals surface area (Å²) in [5.41, 5.74) is -1.70. The lowest BCUT2D eigenvalue weighted by Crippen LogP contribution is -2.35. The van der Waals surface area contributed by atoms with E-state index < -0.39 is 29.0 Å². The van der Waals surface area contributed by atoms with Crippen LogP contribution < -0.4 is 16.6 Å². The highest BCUT2D eigenvalue weighted by Crippen LogP contribution is 2.00. The molecule has 0 spiro atoms. The topological polar surface area (TPSA) is 132 Å². The van der Waals surface area contributed by atoms with Crippen molar-refractivity contribution in [2.75, 3.05) is 6.54 Å². The highest BCUT2D eigenvalue weighted by atomic mass is 16.4. The van der Waals surface area contributed by atoms with Crippen LogP contribution in [-0.2, 0) is 4.79 Å². The number of amides is 1. The number of hydrogen-bond donors (Lipinski definition) is 4. The summed E-state index contributed by atoms with van der Waals surface area (Å²) in [5, 5.41) is 11.1. The van der Waals surface area contributed by atoms with Gasteiger partial charge in [-0.2, -0.15) is 0 Å². The van der Waals surface area contributed by atoms with Gasteiger partial charge in [0, 0.05) is 12.6 Å². The van der Waals surface area contributed by atoms with Crippen molar-refractivity contribution in [3.8, 4) is 0 Å². The Labute approximate surface area is 101 Å². The van der Waals surface area contributed by atoms with Crippen molar-refractivity contribution >= 4 is 11.9 Å². The van der Waals surface area contributed by atoms with E-state index in [0.29, 0.717) is 6.42 Å². The van der Waals surface area contributed by atoms with Gasteiger partial charge >= 0.3 is 11.7 Å². The van der Waals surface area contributed by atoms with Gasteiger partial charge in [0.15, 0.2) is 0 Å². The molecule has 8 heteroatoms. The molecule has 0 aromatic carbocycles. The number of aromatic nitrogens is 2. The highest BCUT2D eigenvalue weighted by Gasteiger charge is 2.16. The Kier molecular flexibility index (Phi) is 4.41. The average molecular weight is 255 g/mol. The molecule has 1 aromatic rings. The lowest BCUT2D eigenvalue weighted by atomic mass is 10.1. The third-order valence-corrected chi connectivity index (χ3v) is 2.36. The molecule has 1 heterocycles. The minimum atomic E-state index is -1.02. The molecule has 0 saturated carbocycles. The van der Waals surface area contributed by atoms with Crippen molar-refractivity contribution in [3.05, 3.63) is 32.6 Å². The third kappa shape index (κ3) is 3.58. The summed E-state index contributed by atoms with van der Waals surface area (Å²) in [4.78, 5) is 48.3. The van der Waals surface area contributed by atoms with E-state index in [1.807, 2.05) is 4.98 Å². The molecule has 8 nitrogen and oxygen atoms in total. The van der Waals surface area contributed by atoms with Gasteiger partial charge in [-0.15, -0.1) is 0 Å². The molecule has 1 unspecified atom stereocenters. The minimum absolute atomic E-state index is 0.0699. The van der Waals surface area contributed by atoms with Crippen LogP contribution in [0.2, 0.25) is 0 Å². The zero-order valence-corrected chi connectivity index (χ0v) is 9.65. The molecule has 1 atom stereocenters. The monoisotopic (exact) mass is 255 g/mol. The fourth-order valence-electron chi connectivity index (χ4n) is 1.31. The number of carboxylic acids is 1. The van der Waals surface area contributed by atoms with E-state index in [2.05, 4.69) is 10.3 Å². The molecule has 0 bridgehead atoms. The zero-order chi connectivity index (χ0) is 13.7. The van der Waals surface area contributed by atoms with Crippen LogP contribution in [0, 0.1) is 5.92 Å². The number of H-pyrrole nitrogens is 2. The van der Waals surface area contributed by atoms with Crippen LogP contribution in [-0.4, -0.2) is 33.5 Å². The Morgan fingerprint density at radius 2 is 2.06 bits per heavy atom. The van der Waals surface area contributed by atoms with Gasteiger partial charge in [0.05, 0.1) is 5.92 Å². The van der Waals surface area contributed by atoms with Gasteiger partial charge in [0.1, 0.15) is 5.69 Å². The molecule has 98 valence electrons. The summed E-state index contributed by atoms with van der Waals surface area (Å²) in [6.07, 6.45) is 0.363. The fraction of sp³-hybridized carbons (Fsp3) is 0.400. The second-order valence-corrected chi connectivity index (χ2v) is 3.65. The van der Waals surface area contributed by atoms with E-state index in [-0.39, 0.29) is 12.2 Å². The molecule has 0 radical (unpaired) electrons. The van der Waals surface area contributed by atoms with Crippen LogP contribution in [0.3, 0.4) is 0 Å². The summed E-state index contributed by atoms with van der Waals surface area (Å²) < 4.78 is 0. The number of nitrogens with one attached hydrogen (secondary N) is 3. The number of carbonyl (C=O) groups is 2. The van der Waals surface area contributed by atoms with Gasteiger partial charge in [-0.1, -0.05) is 6.92 Å². The first-order valence-corrected chi connectivity index (χ1v) is 5.28. The van der Waals surface area contributed by atoms with Crippen molar-refractivity contribution in [1.29, 1.82) is 0 Å². The molecule has 1 aromatic heterocycles. The lowest BCUT2D eigenvalue weighted by molar-refractivity contribution is -0.141. The van der Waals surface area contributed by atoms with Crippen LogP contribution in [0.1, 0.15) is 23.8 Å². The van der Waals surface area contributed by atoms with E-state index in [4.69, 9.17) is 5.11 Å². The standard InChI is InChI=1S/C10H13N3O5/c1-2-5(9(16)17)4-11-8(15)6-3-7(14)13-10(18)12-6/h3,5H,2,4H2,1H3,(H,11,15)(H,16,17)(H2,12,13,14,18). The summed E-state index contributed by atoms with van der Waals surface area (Å²) in [6.45, 7) is 1.61. The van der Waals surface area contributed by atoms with Crippen molar-refractivity contribution in [2.45, 2.75) is 13.3 Å². The second kappa shape index (κ2) is 5.80. The fourth-order valence-corrected chi connectivity index (χ4v) is 1.31. The Morgan fingerprint density at radius 3 is 2.56 bits per heavy atom. The highest BCUT2D eigenvalue weighted by molar-refractivity contribution is 5.92. The Balaban J connectivity index is 2.74. The van der Waals surface area contributed by atoms with Gasteiger partial charge in [-0.05, 0) is 6.42 Å². The molecule has 0 aliphatic heterocycles. The van der Waals surface area contributed by atoms with Crippen LogP contribution >= 0.6 is 0 Å². The van der Waals surface area contributed by atoms with Gasteiger partial charge in [-0.25, -0.2) is 4.79 Å². The first kappa shape index (κ1) is 13.7. The van der Waals surface area contributed by atoms with E-state index in [9.17, 15) is 19.2 Å². The van der Waals surface area contributed by atoms with E-state index in [1.54, 1.807) is 6.92 Å². The second-order valence-electron chi connectivity index (χ2n) is 3.65. The average Bonchev–Trinajstić information content (AvgIpc) is 2.27. The normalized spacial score (nSPS) is 11.8. The summed E-state index contributed by atoms with van der Waals surface area (Å²) in [5.74, 6) is -2.42. The molecule has 18 heavy (non-hydrogen) atoms. The number of carboxylic acid groups (broad SMARTS) is 1. The number of aromatic amines is 2. The Morgan fingerprint density at radius 1 is 1.39 bits per heavy atom. The van der Waals surface area contributed by atoms with Crippen LogP contribution in [0.25, 0.3) is 0 Å². The number of rotatable bonds is 5. The van der Waals surface area contributed by atoms with Crippen molar-refractivity contribution < 1.29 is 14.7 Å². The molecule has 4 N–H and O–H groups in total. The molecular formula is C10H13N3O5. The zero-order valence-electron chi connectivity index (χ0n) is 9.65. The number of aliphatic carboxylic acids is 1. The Bertz CT molecular complexity index is 531. The van der Waals surface area contributed by atoms with Gasteiger partial charge in [-0.3, -0.25) is 19.4 Å². The first-order chi connectivity index (χ1) is 8.43. The smallest absolute Gasteiger partial charge is 0.326 e. The van der Waals surface area contributed by atoms with Crippen molar-refractivity contribution in [2.24, 2.45) is 5.92 Å². The van der Waals surface area contributed by atoms with Gasteiger partial charge < -0.3 is 15.4 Å². The third-order valence-electron chi connectivity index (χ3n) is 2.36. The molecular weight excluding hydrogens is 242 g/mol. The predicted octanol–water partition coefficient (Wildman–Crippen LogP) is -1.10. The molecule has 0 aliphatic carbocycles. The van der Waals surface area contributed by atoms with Crippen molar-refractivity contribution in [3.63, 3.8) is 0 Å². The van der Waals surface area contributed by atoms with Gasteiger partial charge in [0.2, 0.25) is 0 Å². The number of hydrogen-bond acceptors (Lipinski definition) is 4. The first-order valence-electron chi connectivity index (χ1n) is 5.28. The molecule has 0 fully saturated rings. The molecule has 0 saturated heterocycles. The number of carbonyl (C=O) groups excluding carboxylic acids is 1. The largest absolute Gasteiger partial charge is 0.481 e. The van der Waals surface area contributed by atoms with Crippen LogP contribution in [0.5, 0.6) is 0 Å². The summed E-state index contributed by atoms with van der Waals surface area (Å²) in [7, 11) is 0. The van der Waals surface area contributed by atoms with Crippen LogP contribution in [0.15, 0.2) is 15.7 Å². The summed E-state index contributed by atoms with van der Waals surface area (Å²) in [6, 6.07) is 0.929. The quantitative estimate of drug-likeness (QED) is 0.530. The Hall–Kier alpha value is -2.38. The van der Waals surface area contributed by atoms with Crippen molar-refractivity contribution in [1.82, 2.24) is 15.3 Å². The predicted molar refractivity (Wildman–Crippen MR) is 61.4 cm³/mol. The SMILES string of the molecule is CCC(CNC(=O)c1cc(=O)[nH]c(=O)[nH]1)C(=O)O. The molecule has 1 rings (SSSR count). The minimum Gasteiger partial charge on any atom is -0.481 e. The maximum atomic E-state index is 11.6. The maximum Gasteiger partial charge on any atom is 0.326 e.